The summed E-state index contributed by atoms with van der Waals surface area (Å²) in [6.45, 7) is 0. The Labute approximate surface area is 97.9 Å². The van der Waals surface area contributed by atoms with E-state index in [1.165, 1.54) is 24.2 Å². The van der Waals surface area contributed by atoms with Crippen molar-refractivity contribution in [3.8, 4) is 0 Å². The fraction of sp³-hybridized carbons (Fsp3) is 0.600. The van der Waals surface area contributed by atoms with E-state index in [1.807, 2.05) is 0 Å². The summed E-state index contributed by atoms with van der Waals surface area (Å²) in [4.78, 5) is 16.5. The van der Waals surface area contributed by atoms with Crippen LogP contribution in [0, 0.1) is 0 Å². The monoisotopic (exact) mass is 244 g/mol. The van der Waals surface area contributed by atoms with Gasteiger partial charge in [-0.2, -0.15) is 0 Å². The molecule has 3 nitrogen and oxygen atoms in total. The molecule has 1 unspecified atom stereocenters. The fourth-order valence-corrected chi connectivity index (χ4v) is 2.69. The van der Waals surface area contributed by atoms with Crippen LogP contribution < -0.4 is 5.32 Å². The molecule has 0 saturated heterocycles. The molecule has 2 rings (SSSR count). The maximum absolute atomic E-state index is 11.7. The van der Waals surface area contributed by atoms with Crippen molar-refractivity contribution < 1.29 is 4.79 Å². The van der Waals surface area contributed by atoms with Crippen LogP contribution in [0.25, 0.3) is 0 Å². The largest absolute Gasteiger partial charge is 0.352 e. The molecule has 0 aromatic carbocycles. The molecule has 1 atom stereocenters. The van der Waals surface area contributed by atoms with Gasteiger partial charge >= 0.3 is 0 Å². The topological polar surface area (TPSA) is 42.0 Å². The average molecular weight is 245 g/mol. The Kier molecular flexibility index (Phi) is 3.59. The van der Waals surface area contributed by atoms with E-state index >= 15 is 0 Å². The molecular weight excluding hydrogens is 232 g/mol. The van der Waals surface area contributed by atoms with Crippen molar-refractivity contribution in [3.63, 3.8) is 0 Å². The molecule has 0 spiro atoms. The molecule has 1 N–H and O–H groups in total. The number of hydrogen-bond acceptors (Lipinski definition) is 3. The average Bonchev–Trinajstić information content (AvgIpc) is 2.88. The molecule has 5 heteroatoms. The van der Waals surface area contributed by atoms with Crippen molar-refractivity contribution >= 4 is 28.8 Å². The van der Waals surface area contributed by atoms with Gasteiger partial charge in [0.2, 0.25) is 5.91 Å². The zero-order valence-corrected chi connectivity index (χ0v) is 9.85. The molecule has 1 aliphatic rings. The molecule has 1 saturated carbocycles. The highest BCUT2D eigenvalue weighted by Gasteiger charge is 2.23. The highest BCUT2D eigenvalue weighted by Crippen LogP contribution is 2.25. The first kappa shape index (κ1) is 10.9. The Morgan fingerprint density at radius 2 is 2.33 bits per heavy atom. The SMILES string of the molecule is O=C(NC1CCCC1)C(Cl)c1cncs1. The molecule has 1 fully saturated rings. The van der Waals surface area contributed by atoms with Gasteiger partial charge in [0, 0.05) is 12.2 Å². The highest BCUT2D eigenvalue weighted by atomic mass is 35.5. The second-order valence-corrected chi connectivity index (χ2v) is 5.11. The van der Waals surface area contributed by atoms with E-state index in [9.17, 15) is 4.79 Å². The lowest BCUT2D eigenvalue weighted by atomic mass is 10.2. The fourth-order valence-electron chi connectivity index (χ4n) is 1.82. The molecule has 1 aromatic heterocycles. The molecule has 15 heavy (non-hydrogen) atoms. The molecular formula is C10H13ClN2OS. The molecule has 1 heterocycles. The predicted octanol–water partition coefficient (Wildman–Crippen LogP) is 2.48. The number of hydrogen-bond donors (Lipinski definition) is 1. The van der Waals surface area contributed by atoms with Crippen molar-refractivity contribution in [2.24, 2.45) is 0 Å². The van der Waals surface area contributed by atoms with Gasteiger partial charge < -0.3 is 5.32 Å². The number of aromatic nitrogens is 1. The third-order valence-electron chi connectivity index (χ3n) is 2.63. The number of rotatable bonds is 3. The zero-order chi connectivity index (χ0) is 10.7. The maximum atomic E-state index is 11.7. The van der Waals surface area contributed by atoms with Gasteiger partial charge in [0.05, 0.1) is 10.4 Å². The van der Waals surface area contributed by atoms with Crippen molar-refractivity contribution in [2.45, 2.75) is 37.1 Å². The van der Waals surface area contributed by atoms with E-state index in [1.54, 1.807) is 11.7 Å². The summed E-state index contributed by atoms with van der Waals surface area (Å²) in [7, 11) is 0. The number of nitrogens with zero attached hydrogens (tertiary/aromatic N) is 1. The Bertz CT molecular complexity index is 322. The van der Waals surface area contributed by atoms with Crippen LogP contribution in [-0.4, -0.2) is 16.9 Å². The summed E-state index contributed by atoms with van der Waals surface area (Å²) in [5.41, 5.74) is 1.69. The van der Waals surface area contributed by atoms with Crippen molar-refractivity contribution in [2.75, 3.05) is 0 Å². The Balaban J connectivity index is 1.90. The zero-order valence-electron chi connectivity index (χ0n) is 8.28. The van der Waals surface area contributed by atoms with Gasteiger partial charge in [-0.15, -0.1) is 22.9 Å². The summed E-state index contributed by atoms with van der Waals surface area (Å²) in [6.07, 6.45) is 6.23. The first-order valence-corrected chi connectivity index (χ1v) is 6.42. The van der Waals surface area contributed by atoms with Crippen molar-refractivity contribution in [1.82, 2.24) is 10.3 Å². The van der Waals surface area contributed by atoms with E-state index in [-0.39, 0.29) is 5.91 Å². The third-order valence-corrected chi connectivity index (χ3v) is 4.04. The molecule has 82 valence electrons. The quantitative estimate of drug-likeness (QED) is 0.830. The number of alkyl halides is 1. The Morgan fingerprint density at radius 1 is 1.60 bits per heavy atom. The number of carbonyl (C=O) groups is 1. The van der Waals surface area contributed by atoms with Crippen LogP contribution in [0.2, 0.25) is 0 Å². The van der Waals surface area contributed by atoms with Crippen LogP contribution >= 0.6 is 22.9 Å². The predicted molar refractivity (Wildman–Crippen MR) is 61.1 cm³/mol. The number of amides is 1. The molecule has 1 aromatic rings. The lowest BCUT2D eigenvalue weighted by molar-refractivity contribution is -0.121. The Morgan fingerprint density at radius 3 is 2.93 bits per heavy atom. The van der Waals surface area contributed by atoms with Crippen LogP contribution in [-0.2, 0) is 4.79 Å². The number of nitrogens with one attached hydrogen (secondary N) is 1. The molecule has 1 amide bonds. The standard InChI is InChI=1S/C10H13ClN2OS/c11-9(8-5-12-6-15-8)10(14)13-7-3-1-2-4-7/h5-7,9H,1-4H2,(H,13,14). The van der Waals surface area contributed by atoms with Crippen molar-refractivity contribution in [3.05, 3.63) is 16.6 Å². The smallest absolute Gasteiger partial charge is 0.243 e. The minimum atomic E-state index is -0.585. The maximum Gasteiger partial charge on any atom is 0.243 e. The lowest BCUT2D eigenvalue weighted by Crippen LogP contribution is -2.34. The second-order valence-electron chi connectivity index (χ2n) is 3.76. The van der Waals surface area contributed by atoms with Gasteiger partial charge in [-0.1, -0.05) is 12.8 Å². The van der Waals surface area contributed by atoms with E-state index in [0.29, 0.717) is 6.04 Å². The second kappa shape index (κ2) is 4.94. The van der Waals surface area contributed by atoms with Crippen LogP contribution in [0.3, 0.4) is 0 Å². The van der Waals surface area contributed by atoms with E-state index in [4.69, 9.17) is 11.6 Å². The van der Waals surface area contributed by atoms with Crippen molar-refractivity contribution in [1.29, 1.82) is 0 Å². The highest BCUT2D eigenvalue weighted by molar-refractivity contribution is 7.10. The van der Waals surface area contributed by atoms with Crippen LogP contribution in [0.1, 0.15) is 35.9 Å². The Hall–Kier alpha value is -0.610. The summed E-state index contributed by atoms with van der Waals surface area (Å²) in [6, 6.07) is 0.326. The van der Waals surface area contributed by atoms with Gasteiger partial charge in [-0.05, 0) is 12.8 Å². The lowest BCUT2D eigenvalue weighted by Gasteiger charge is -2.14. The van der Waals surface area contributed by atoms with Gasteiger partial charge in [-0.25, -0.2) is 0 Å². The molecule has 0 radical (unpaired) electrons. The van der Waals surface area contributed by atoms with Crippen LogP contribution in [0.5, 0.6) is 0 Å². The van der Waals surface area contributed by atoms with Crippen LogP contribution in [0.4, 0.5) is 0 Å². The first-order valence-electron chi connectivity index (χ1n) is 5.10. The van der Waals surface area contributed by atoms with Gasteiger partial charge in [0.25, 0.3) is 0 Å². The van der Waals surface area contributed by atoms with E-state index in [2.05, 4.69) is 10.3 Å². The number of halogens is 1. The molecule has 0 aliphatic heterocycles. The van der Waals surface area contributed by atoms with Gasteiger partial charge in [-0.3, -0.25) is 9.78 Å². The van der Waals surface area contributed by atoms with Crippen LogP contribution in [0.15, 0.2) is 11.7 Å². The summed E-state index contributed by atoms with van der Waals surface area (Å²) in [5.74, 6) is -0.0900. The van der Waals surface area contributed by atoms with E-state index < -0.39 is 5.38 Å². The minimum absolute atomic E-state index is 0.0900. The molecule has 0 bridgehead atoms. The summed E-state index contributed by atoms with van der Waals surface area (Å²) < 4.78 is 0. The number of thiazole rings is 1. The number of carbonyl (C=O) groups excluding carboxylic acids is 1. The minimum Gasteiger partial charge on any atom is -0.352 e. The normalized spacial score (nSPS) is 19.0. The van der Waals surface area contributed by atoms with E-state index in [0.717, 1.165) is 17.7 Å². The van der Waals surface area contributed by atoms with Gasteiger partial charge in [0.15, 0.2) is 0 Å². The third kappa shape index (κ3) is 2.69. The summed E-state index contributed by atoms with van der Waals surface area (Å²) in [5, 5.41) is 2.39. The van der Waals surface area contributed by atoms with Gasteiger partial charge in [0.1, 0.15) is 5.38 Å². The summed E-state index contributed by atoms with van der Waals surface area (Å²) >= 11 is 7.45. The first-order chi connectivity index (χ1) is 7.27. The molecule has 1 aliphatic carbocycles.